The Hall–Kier alpha value is -1.39. The molecule has 0 aliphatic heterocycles. The number of benzene rings is 1. The first-order chi connectivity index (χ1) is 9.61. The standard InChI is InChI=1S/C16H25N3O/c1-19(2)11-13-6-3-4-9-15(13)18-16(20)14-8-5-7-12(14)10-17/h3-4,6,9,12,14H,5,7-8,10-11,17H2,1-2H3,(H,18,20). The lowest BCUT2D eigenvalue weighted by Gasteiger charge is -2.19. The van der Waals surface area contributed by atoms with Crippen molar-refractivity contribution >= 4 is 11.6 Å². The van der Waals surface area contributed by atoms with Crippen molar-refractivity contribution in [1.29, 1.82) is 0 Å². The fourth-order valence-corrected chi connectivity index (χ4v) is 3.01. The van der Waals surface area contributed by atoms with Gasteiger partial charge in [-0.1, -0.05) is 24.6 Å². The van der Waals surface area contributed by atoms with Crippen LogP contribution in [0.5, 0.6) is 0 Å². The van der Waals surface area contributed by atoms with Crippen molar-refractivity contribution in [3.8, 4) is 0 Å². The van der Waals surface area contributed by atoms with E-state index in [2.05, 4.69) is 16.3 Å². The van der Waals surface area contributed by atoms with Gasteiger partial charge in [0.05, 0.1) is 0 Å². The Morgan fingerprint density at radius 3 is 2.80 bits per heavy atom. The average Bonchev–Trinajstić information content (AvgIpc) is 2.88. The van der Waals surface area contributed by atoms with Crippen LogP contribution in [0.4, 0.5) is 5.69 Å². The van der Waals surface area contributed by atoms with Gasteiger partial charge in [0, 0.05) is 18.2 Å². The summed E-state index contributed by atoms with van der Waals surface area (Å²) in [6.45, 7) is 1.43. The molecule has 3 N–H and O–H groups in total. The van der Waals surface area contributed by atoms with Gasteiger partial charge in [-0.3, -0.25) is 4.79 Å². The molecule has 2 atom stereocenters. The highest BCUT2D eigenvalue weighted by Gasteiger charge is 2.32. The van der Waals surface area contributed by atoms with Gasteiger partial charge < -0.3 is 16.0 Å². The molecule has 0 saturated heterocycles. The molecule has 4 nitrogen and oxygen atoms in total. The van der Waals surface area contributed by atoms with Gasteiger partial charge in [0.15, 0.2) is 0 Å². The summed E-state index contributed by atoms with van der Waals surface area (Å²) in [4.78, 5) is 14.5. The van der Waals surface area contributed by atoms with E-state index in [1.54, 1.807) is 0 Å². The van der Waals surface area contributed by atoms with Crippen molar-refractivity contribution < 1.29 is 4.79 Å². The van der Waals surface area contributed by atoms with Gasteiger partial charge >= 0.3 is 0 Å². The van der Waals surface area contributed by atoms with Crippen LogP contribution in [0.15, 0.2) is 24.3 Å². The minimum absolute atomic E-state index is 0.0763. The molecule has 1 amide bonds. The summed E-state index contributed by atoms with van der Waals surface area (Å²) in [7, 11) is 4.06. The van der Waals surface area contributed by atoms with Crippen LogP contribution >= 0.6 is 0 Å². The van der Waals surface area contributed by atoms with Gasteiger partial charge in [0.25, 0.3) is 0 Å². The zero-order chi connectivity index (χ0) is 14.5. The molecule has 0 heterocycles. The smallest absolute Gasteiger partial charge is 0.227 e. The molecule has 1 aromatic rings. The summed E-state index contributed by atoms with van der Waals surface area (Å²) < 4.78 is 0. The number of rotatable bonds is 5. The number of hydrogen-bond acceptors (Lipinski definition) is 3. The highest BCUT2D eigenvalue weighted by Crippen LogP contribution is 2.32. The molecule has 1 aliphatic carbocycles. The molecule has 0 spiro atoms. The second-order valence-corrected chi connectivity index (χ2v) is 5.92. The van der Waals surface area contributed by atoms with Crippen molar-refractivity contribution in [1.82, 2.24) is 4.90 Å². The average molecular weight is 275 g/mol. The van der Waals surface area contributed by atoms with Gasteiger partial charge in [-0.05, 0) is 51.0 Å². The zero-order valence-electron chi connectivity index (χ0n) is 12.4. The number of nitrogens with two attached hydrogens (primary N) is 1. The molecular formula is C16H25N3O. The van der Waals surface area contributed by atoms with E-state index in [4.69, 9.17) is 5.73 Å². The first-order valence-corrected chi connectivity index (χ1v) is 7.35. The molecule has 2 rings (SSSR count). The van der Waals surface area contributed by atoms with E-state index in [-0.39, 0.29) is 11.8 Å². The molecule has 0 radical (unpaired) electrons. The van der Waals surface area contributed by atoms with E-state index in [0.29, 0.717) is 12.5 Å². The Bertz CT molecular complexity index is 459. The molecule has 1 aliphatic rings. The minimum Gasteiger partial charge on any atom is -0.330 e. The number of carbonyl (C=O) groups excluding carboxylic acids is 1. The summed E-state index contributed by atoms with van der Waals surface area (Å²) in [5.41, 5.74) is 7.84. The number of amides is 1. The highest BCUT2D eigenvalue weighted by molar-refractivity contribution is 5.93. The predicted molar refractivity (Wildman–Crippen MR) is 82.3 cm³/mol. The van der Waals surface area contributed by atoms with Gasteiger partial charge in [0.2, 0.25) is 5.91 Å². The Labute approximate surface area is 121 Å². The number of nitrogens with one attached hydrogen (secondary N) is 1. The summed E-state index contributed by atoms with van der Waals surface area (Å²) in [6.07, 6.45) is 3.15. The van der Waals surface area contributed by atoms with Gasteiger partial charge in [0.1, 0.15) is 0 Å². The molecule has 1 fully saturated rings. The predicted octanol–water partition coefficient (Wildman–Crippen LogP) is 2.06. The monoisotopic (exact) mass is 275 g/mol. The third-order valence-corrected chi connectivity index (χ3v) is 4.06. The first kappa shape index (κ1) is 15.0. The van der Waals surface area contributed by atoms with Crippen molar-refractivity contribution in [2.24, 2.45) is 17.6 Å². The maximum Gasteiger partial charge on any atom is 0.227 e. The summed E-state index contributed by atoms with van der Waals surface area (Å²) >= 11 is 0. The molecule has 0 aromatic heterocycles. The number of para-hydroxylation sites is 1. The van der Waals surface area contributed by atoms with Gasteiger partial charge in [-0.2, -0.15) is 0 Å². The lowest BCUT2D eigenvalue weighted by Crippen LogP contribution is -2.30. The van der Waals surface area contributed by atoms with Crippen LogP contribution in [0.3, 0.4) is 0 Å². The molecular weight excluding hydrogens is 250 g/mol. The van der Waals surface area contributed by atoms with Crippen LogP contribution in [0.2, 0.25) is 0 Å². The fraction of sp³-hybridized carbons (Fsp3) is 0.562. The Kier molecular flexibility index (Phi) is 5.15. The van der Waals surface area contributed by atoms with Crippen LogP contribution in [0.25, 0.3) is 0 Å². The van der Waals surface area contributed by atoms with Crippen LogP contribution in [-0.2, 0) is 11.3 Å². The summed E-state index contributed by atoms with van der Waals surface area (Å²) in [6, 6.07) is 8.00. The lowest BCUT2D eigenvalue weighted by atomic mass is 9.95. The van der Waals surface area contributed by atoms with Crippen molar-refractivity contribution in [3.63, 3.8) is 0 Å². The molecule has 1 aromatic carbocycles. The van der Waals surface area contributed by atoms with Crippen molar-refractivity contribution in [3.05, 3.63) is 29.8 Å². The van der Waals surface area contributed by atoms with Crippen LogP contribution in [0, 0.1) is 11.8 Å². The molecule has 0 bridgehead atoms. The number of anilines is 1. The number of nitrogens with zero attached hydrogens (tertiary/aromatic N) is 1. The molecule has 2 unspecified atom stereocenters. The normalized spacial score (nSPS) is 22.2. The maximum absolute atomic E-state index is 12.4. The Morgan fingerprint density at radius 2 is 2.10 bits per heavy atom. The van der Waals surface area contributed by atoms with E-state index < -0.39 is 0 Å². The largest absolute Gasteiger partial charge is 0.330 e. The van der Waals surface area contributed by atoms with E-state index in [0.717, 1.165) is 37.1 Å². The summed E-state index contributed by atoms with van der Waals surface area (Å²) in [5, 5.41) is 3.10. The SMILES string of the molecule is CN(C)Cc1ccccc1NC(=O)C1CCCC1CN. The molecule has 1 saturated carbocycles. The Balaban J connectivity index is 2.07. The van der Waals surface area contributed by atoms with Gasteiger partial charge in [-0.15, -0.1) is 0 Å². The van der Waals surface area contributed by atoms with Crippen LogP contribution in [-0.4, -0.2) is 31.4 Å². The summed E-state index contributed by atoms with van der Waals surface area (Å²) in [5.74, 6) is 0.549. The third kappa shape index (κ3) is 3.58. The quantitative estimate of drug-likeness (QED) is 0.865. The lowest BCUT2D eigenvalue weighted by molar-refractivity contribution is -0.120. The van der Waals surface area contributed by atoms with Crippen molar-refractivity contribution in [2.45, 2.75) is 25.8 Å². The van der Waals surface area contributed by atoms with E-state index in [1.165, 1.54) is 0 Å². The number of carbonyl (C=O) groups is 1. The number of hydrogen-bond donors (Lipinski definition) is 2. The topological polar surface area (TPSA) is 58.4 Å². The molecule has 110 valence electrons. The Morgan fingerprint density at radius 1 is 1.35 bits per heavy atom. The molecule has 20 heavy (non-hydrogen) atoms. The molecule has 4 heteroatoms. The first-order valence-electron chi connectivity index (χ1n) is 7.35. The second-order valence-electron chi connectivity index (χ2n) is 5.92. The van der Waals surface area contributed by atoms with Crippen LogP contribution < -0.4 is 11.1 Å². The van der Waals surface area contributed by atoms with Crippen LogP contribution in [0.1, 0.15) is 24.8 Å². The van der Waals surface area contributed by atoms with Crippen molar-refractivity contribution in [2.75, 3.05) is 26.0 Å². The third-order valence-electron chi connectivity index (χ3n) is 4.06. The highest BCUT2D eigenvalue weighted by atomic mass is 16.1. The van der Waals surface area contributed by atoms with E-state index >= 15 is 0 Å². The maximum atomic E-state index is 12.4. The van der Waals surface area contributed by atoms with E-state index in [1.807, 2.05) is 32.3 Å². The fourth-order valence-electron chi connectivity index (χ4n) is 3.01. The van der Waals surface area contributed by atoms with Gasteiger partial charge in [-0.25, -0.2) is 0 Å². The van der Waals surface area contributed by atoms with E-state index in [9.17, 15) is 4.79 Å². The second kappa shape index (κ2) is 6.86. The minimum atomic E-state index is 0.0763. The zero-order valence-corrected chi connectivity index (χ0v) is 12.4.